The average molecular weight is 144 g/mol. The van der Waals surface area contributed by atoms with Crippen molar-refractivity contribution in [2.24, 2.45) is 5.92 Å². The van der Waals surface area contributed by atoms with Crippen molar-refractivity contribution in [1.29, 1.82) is 0 Å². The highest BCUT2D eigenvalue weighted by atomic mass is 15.1. The molecule has 0 aromatic rings. The van der Waals surface area contributed by atoms with E-state index in [4.69, 9.17) is 0 Å². The van der Waals surface area contributed by atoms with Gasteiger partial charge in [-0.3, -0.25) is 0 Å². The van der Waals surface area contributed by atoms with Crippen LogP contribution in [0.15, 0.2) is 0 Å². The van der Waals surface area contributed by atoms with E-state index in [2.05, 4.69) is 38.2 Å². The molecular weight excluding hydrogens is 124 g/mol. The third kappa shape index (κ3) is 3.18. The molecule has 1 N–H and O–H groups in total. The Kier molecular flexibility index (Phi) is 4.65. The lowest BCUT2D eigenvalue weighted by molar-refractivity contribution is 0.228. The first-order chi connectivity index (χ1) is 4.59. The highest BCUT2D eigenvalue weighted by Gasteiger charge is 2.13. The molecule has 0 saturated heterocycles. The van der Waals surface area contributed by atoms with Crippen LogP contribution in [0.1, 0.15) is 13.8 Å². The van der Waals surface area contributed by atoms with Crippen molar-refractivity contribution in [3.8, 4) is 0 Å². The van der Waals surface area contributed by atoms with Gasteiger partial charge in [-0.1, -0.05) is 13.8 Å². The molecule has 0 spiro atoms. The molecule has 0 saturated carbocycles. The van der Waals surface area contributed by atoms with Crippen LogP contribution in [0.4, 0.5) is 0 Å². The van der Waals surface area contributed by atoms with E-state index in [1.54, 1.807) is 0 Å². The van der Waals surface area contributed by atoms with Gasteiger partial charge in [-0.2, -0.15) is 0 Å². The summed E-state index contributed by atoms with van der Waals surface area (Å²) in [5.74, 6) is 0.724. The zero-order valence-corrected chi connectivity index (χ0v) is 7.81. The Bertz CT molecular complexity index is 71.3. The van der Waals surface area contributed by atoms with Gasteiger partial charge in [-0.05, 0) is 27.1 Å². The summed E-state index contributed by atoms with van der Waals surface area (Å²) in [4.78, 5) is 2.27. The standard InChI is InChI=1S/C8H20N2/c1-7(2)8(6-9-3)10(4)5/h7-9H,6H2,1-5H3. The molecule has 0 heterocycles. The van der Waals surface area contributed by atoms with Crippen molar-refractivity contribution in [2.75, 3.05) is 27.7 Å². The molecule has 62 valence electrons. The molecule has 1 atom stereocenters. The average Bonchev–Trinajstić information content (AvgIpc) is 1.81. The van der Waals surface area contributed by atoms with Crippen LogP contribution in [0.5, 0.6) is 0 Å². The molecule has 0 aromatic carbocycles. The van der Waals surface area contributed by atoms with Gasteiger partial charge < -0.3 is 10.2 Å². The Hall–Kier alpha value is -0.0800. The van der Waals surface area contributed by atoms with E-state index >= 15 is 0 Å². The summed E-state index contributed by atoms with van der Waals surface area (Å²) >= 11 is 0. The van der Waals surface area contributed by atoms with E-state index in [1.165, 1.54) is 0 Å². The molecule has 0 radical (unpaired) electrons. The Labute approximate surface area is 64.6 Å². The Morgan fingerprint density at radius 1 is 1.30 bits per heavy atom. The lowest BCUT2D eigenvalue weighted by atomic mass is 10.0. The minimum atomic E-state index is 0.657. The zero-order valence-electron chi connectivity index (χ0n) is 7.81. The van der Waals surface area contributed by atoms with Gasteiger partial charge in [0, 0.05) is 12.6 Å². The molecule has 2 nitrogen and oxygen atoms in total. The van der Waals surface area contributed by atoms with Crippen LogP contribution < -0.4 is 5.32 Å². The van der Waals surface area contributed by atoms with Crippen LogP contribution in [-0.4, -0.2) is 38.6 Å². The molecule has 0 fully saturated rings. The first-order valence-corrected chi connectivity index (χ1v) is 3.90. The van der Waals surface area contributed by atoms with Crippen molar-refractivity contribution < 1.29 is 0 Å². The zero-order chi connectivity index (χ0) is 8.15. The largest absolute Gasteiger partial charge is 0.318 e. The SMILES string of the molecule is CNCC(C(C)C)N(C)C. The molecule has 0 aliphatic rings. The van der Waals surface area contributed by atoms with Crippen molar-refractivity contribution in [1.82, 2.24) is 10.2 Å². The topological polar surface area (TPSA) is 15.3 Å². The molecule has 10 heavy (non-hydrogen) atoms. The molecule has 0 amide bonds. The van der Waals surface area contributed by atoms with E-state index in [-0.39, 0.29) is 0 Å². The first kappa shape index (κ1) is 9.92. The van der Waals surface area contributed by atoms with Gasteiger partial charge >= 0.3 is 0 Å². The van der Waals surface area contributed by atoms with Crippen LogP contribution in [0.25, 0.3) is 0 Å². The van der Waals surface area contributed by atoms with Gasteiger partial charge in [0.15, 0.2) is 0 Å². The van der Waals surface area contributed by atoms with Crippen molar-refractivity contribution in [3.05, 3.63) is 0 Å². The third-order valence-electron chi connectivity index (χ3n) is 1.85. The lowest BCUT2D eigenvalue weighted by Crippen LogP contribution is -2.40. The fourth-order valence-electron chi connectivity index (χ4n) is 1.22. The van der Waals surface area contributed by atoms with E-state index in [0.717, 1.165) is 12.5 Å². The number of rotatable bonds is 4. The van der Waals surface area contributed by atoms with Gasteiger partial charge in [0.05, 0.1) is 0 Å². The van der Waals surface area contributed by atoms with Crippen LogP contribution in [0.3, 0.4) is 0 Å². The van der Waals surface area contributed by atoms with Crippen molar-refractivity contribution in [3.63, 3.8) is 0 Å². The molecule has 2 heteroatoms. The molecule has 0 aromatic heterocycles. The predicted molar refractivity (Wildman–Crippen MR) is 46.2 cm³/mol. The van der Waals surface area contributed by atoms with Crippen LogP contribution in [-0.2, 0) is 0 Å². The molecule has 0 rings (SSSR count). The molecule has 1 unspecified atom stereocenters. The van der Waals surface area contributed by atoms with Gasteiger partial charge in [-0.25, -0.2) is 0 Å². The third-order valence-corrected chi connectivity index (χ3v) is 1.85. The lowest BCUT2D eigenvalue weighted by Gasteiger charge is -2.27. The minimum Gasteiger partial charge on any atom is -0.318 e. The minimum absolute atomic E-state index is 0.657. The maximum atomic E-state index is 3.19. The van der Waals surface area contributed by atoms with Crippen molar-refractivity contribution in [2.45, 2.75) is 19.9 Å². The Balaban J connectivity index is 3.73. The fraction of sp³-hybridized carbons (Fsp3) is 1.00. The quantitative estimate of drug-likeness (QED) is 0.627. The summed E-state index contributed by atoms with van der Waals surface area (Å²) in [6.45, 7) is 5.58. The van der Waals surface area contributed by atoms with Gasteiger partial charge in [0.2, 0.25) is 0 Å². The second kappa shape index (κ2) is 4.69. The van der Waals surface area contributed by atoms with E-state index in [0.29, 0.717) is 6.04 Å². The van der Waals surface area contributed by atoms with Crippen LogP contribution >= 0.6 is 0 Å². The number of hydrogen-bond donors (Lipinski definition) is 1. The second-order valence-corrected chi connectivity index (χ2v) is 3.33. The smallest absolute Gasteiger partial charge is 0.0237 e. The normalized spacial score (nSPS) is 14.7. The maximum absolute atomic E-state index is 3.19. The summed E-state index contributed by atoms with van der Waals surface area (Å²) in [5.41, 5.74) is 0. The van der Waals surface area contributed by atoms with Crippen LogP contribution in [0, 0.1) is 5.92 Å². The van der Waals surface area contributed by atoms with E-state index in [1.807, 2.05) is 7.05 Å². The summed E-state index contributed by atoms with van der Waals surface area (Å²) < 4.78 is 0. The number of nitrogens with zero attached hydrogens (tertiary/aromatic N) is 1. The first-order valence-electron chi connectivity index (χ1n) is 3.90. The fourth-order valence-corrected chi connectivity index (χ4v) is 1.22. The molecule has 0 bridgehead atoms. The molecular formula is C8H20N2. The number of likely N-dealkylation sites (N-methyl/N-ethyl adjacent to an activating group) is 2. The second-order valence-electron chi connectivity index (χ2n) is 3.33. The van der Waals surface area contributed by atoms with Gasteiger partial charge in [0.25, 0.3) is 0 Å². The van der Waals surface area contributed by atoms with Gasteiger partial charge in [-0.15, -0.1) is 0 Å². The number of nitrogens with one attached hydrogen (secondary N) is 1. The monoisotopic (exact) mass is 144 g/mol. The summed E-state index contributed by atoms with van der Waals surface area (Å²) in [6, 6.07) is 0.657. The molecule has 0 aliphatic carbocycles. The van der Waals surface area contributed by atoms with E-state index in [9.17, 15) is 0 Å². The Morgan fingerprint density at radius 2 is 1.80 bits per heavy atom. The highest BCUT2D eigenvalue weighted by molar-refractivity contribution is 4.71. The summed E-state index contributed by atoms with van der Waals surface area (Å²) in [5, 5.41) is 3.19. The summed E-state index contributed by atoms with van der Waals surface area (Å²) in [7, 11) is 6.25. The van der Waals surface area contributed by atoms with Gasteiger partial charge in [0.1, 0.15) is 0 Å². The highest BCUT2D eigenvalue weighted by Crippen LogP contribution is 2.05. The Morgan fingerprint density at radius 3 is 1.90 bits per heavy atom. The summed E-state index contributed by atoms with van der Waals surface area (Å²) in [6.07, 6.45) is 0. The predicted octanol–water partition coefficient (Wildman–Crippen LogP) is 0.792. The maximum Gasteiger partial charge on any atom is 0.0237 e. The van der Waals surface area contributed by atoms with E-state index < -0.39 is 0 Å². The molecule has 0 aliphatic heterocycles. The number of hydrogen-bond acceptors (Lipinski definition) is 2. The van der Waals surface area contributed by atoms with Crippen molar-refractivity contribution >= 4 is 0 Å². The van der Waals surface area contributed by atoms with Crippen LogP contribution in [0.2, 0.25) is 0 Å².